The summed E-state index contributed by atoms with van der Waals surface area (Å²) in [6, 6.07) is 17.3. The van der Waals surface area contributed by atoms with Gasteiger partial charge in [0.25, 0.3) is 0 Å². The van der Waals surface area contributed by atoms with Gasteiger partial charge in [-0.3, -0.25) is 9.59 Å². The molecular formula is C25H32N4O4. The molecule has 0 bridgehead atoms. The zero-order valence-electron chi connectivity index (χ0n) is 18.9. The van der Waals surface area contributed by atoms with E-state index in [1.54, 1.807) is 4.90 Å². The average Bonchev–Trinajstić information content (AvgIpc) is 3.07. The number of likely N-dealkylation sites (tertiary alicyclic amines) is 1. The molecule has 2 aromatic carbocycles. The number of hydrogen-bond donors (Lipinski definition) is 3. The first-order valence-corrected chi connectivity index (χ1v) is 11.2. The third-order valence-corrected chi connectivity index (χ3v) is 5.91. The smallest absolute Gasteiger partial charge is 0.304 e. The second-order valence-corrected chi connectivity index (χ2v) is 8.42. The second-order valence-electron chi connectivity index (χ2n) is 8.42. The van der Waals surface area contributed by atoms with Crippen molar-refractivity contribution < 1.29 is 19.4 Å². The third-order valence-electron chi connectivity index (χ3n) is 5.91. The first-order valence-electron chi connectivity index (χ1n) is 11.2. The lowest BCUT2D eigenvalue weighted by Crippen LogP contribution is -2.38. The number of aliphatic imine (C=N–C) groups is 1. The van der Waals surface area contributed by atoms with Gasteiger partial charge in [-0.2, -0.15) is 0 Å². The molecular weight excluding hydrogens is 420 g/mol. The molecule has 1 heterocycles. The Kier molecular flexibility index (Phi) is 8.29. The van der Waals surface area contributed by atoms with Gasteiger partial charge in [0, 0.05) is 6.54 Å². The van der Waals surface area contributed by atoms with Crippen molar-refractivity contribution in [2.45, 2.75) is 44.7 Å². The largest absolute Gasteiger partial charge is 0.491 e. The highest BCUT2D eigenvalue weighted by atomic mass is 16.5. The van der Waals surface area contributed by atoms with Crippen LogP contribution in [0, 0.1) is 5.92 Å². The summed E-state index contributed by atoms with van der Waals surface area (Å²) in [6.07, 6.45) is 2.00. The topological polar surface area (TPSA) is 131 Å². The molecule has 5 N–H and O–H groups in total. The Labute approximate surface area is 194 Å². The Morgan fingerprint density at radius 2 is 1.88 bits per heavy atom. The van der Waals surface area contributed by atoms with Crippen LogP contribution in [0.4, 0.5) is 0 Å². The van der Waals surface area contributed by atoms with Crippen LogP contribution < -0.4 is 16.2 Å². The van der Waals surface area contributed by atoms with Crippen molar-refractivity contribution in [2.75, 3.05) is 13.2 Å². The summed E-state index contributed by atoms with van der Waals surface area (Å²) in [5.74, 6) is -0.841. The fraction of sp³-hybridized carbons (Fsp3) is 0.400. The van der Waals surface area contributed by atoms with Gasteiger partial charge in [-0.05, 0) is 49.4 Å². The standard InChI is InChI=1S/C25H32N4O4/c1-17(28-25(26)27)19-9-11-22(12-10-19)33-16-21-14-20(15-23(30)31)24(32)29(21)13-5-8-18-6-3-2-4-7-18/h2-4,6-7,9-12,17,20-21H,5,8,13-16H2,1H3,(H,30,31)(H4,26,27,28)/t17?,20-,21-/m0/s1. The monoisotopic (exact) mass is 452 g/mol. The predicted octanol–water partition coefficient (Wildman–Crippen LogP) is 2.72. The lowest BCUT2D eigenvalue weighted by atomic mass is 10.0. The Bertz CT molecular complexity index is 958. The number of nitrogens with two attached hydrogens (primary N) is 2. The van der Waals surface area contributed by atoms with Gasteiger partial charge in [0.1, 0.15) is 12.4 Å². The van der Waals surface area contributed by atoms with E-state index in [4.69, 9.17) is 16.2 Å². The molecule has 0 aromatic heterocycles. The van der Waals surface area contributed by atoms with E-state index < -0.39 is 11.9 Å². The number of rotatable bonds is 11. The van der Waals surface area contributed by atoms with Crippen molar-refractivity contribution in [3.8, 4) is 5.75 Å². The van der Waals surface area contributed by atoms with E-state index in [9.17, 15) is 14.7 Å². The molecule has 1 unspecified atom stereocenters. The summed E-state index contributed by atoms with van der Waals surface area (Å²) in [6.45, 7) is 2.79. The molecule has 0 radical (unpaired) electrons. The number of amides is 1. The molecule has 1 amide bonds. The summed E-state index contributed by atoms with van der Waals surface area (Å²) in [5.41, 5.74) is 13.1. The van der Waals surface area contributed by atoms with E-state index >= 15 is 0 Å². The van der Waals surface area contributed by atoms with Crippen molar-refractivity contribution >= 4 is 17.8 Å². The molecule has 1 saturated heterocycles. The molecule has 1 fully saturated rings. The van der Waals surface area contributed by atoms with Crippen molar-refractivity contribution in [3.63, 3.8) is 0 Å². The van der Waals surface area contributed by atoms with Crippen LogP contribution in [0.3, 0.4) is 0 Å². The van der Waals surface area contributed by atoms with Gasteiger partial charge in [-0.1, -0.05) is 42.5 Å². The van der Waals surface area contributed by atoms with Crippen LogP contribution in [0.1, 0.15) is 43.4 Å². The minimum absolute atomic E-state index is 0.0389. The lowest BCUT2D eigenvalue weighted by molar-refractivity contribution is -0.142. The molecule has 8 heteroatoms. The maximum Gasteiger partial charge on any atom is 0.304 e. The summed E-state index contributed by atoms with van der Waals surface area (Å²) < 4.78 is 5.98. The Hall–Kier alpha value is -3.55. The molecule has 8 nitrogen and oxygen atoms in total. The molecule has 3 rings (SSSR count). The van der Waals surface area contributed by atoms with E-state index in [0.29, 0.717) is 25.3 Å². The maximum absolute atomic E-state index is 12.9. The van der Waals surface area contributed by atoms with E-state index in [-0.39, 0.29) is 30.4 Å². The highest BCUT2D eigenvalue weighted by molar-refractivity contribution is 5.85. The van der Waals surface area contributed by atoms with Gasteiger partial charge in [0.05, 0.1) is 24.4 Å². The number of carboxylic acid groups (broad SMARTS) is 1. The van der Waals surface area contributed by atoms with E-state index in [1.165, 1.54) is 5.56 Å². The normalized spacial score (nSPS) is 18.7. The Morgan fingerprint density at radius 1 is 1.18 bits per heavy atom. The Morgan fingerprint density at radius 3 is 2.52 bits per heavy atom. The van der Waals surface area contributed by atoms with Crippen molar-refractivity contribution in [1.29, 1.82) is 0 Å². The highest BCUT2D eigenvalue weighted by Gasteiger charge is 2.40. The van der Waals surface area contributed by atoms with Crippen molar-refractivity contribution in [2.24, 2.45) is 22.4 Å². The molecule has 0 saturated carbocycles. The highest BCUT2D eigenvalue weighted by Crippen LogP contribution is 2.29. The molecule has 0 spiro atoms. The minimum Gasteiger partial charge on any atom is -0.491 e. The van der Waals surface area contributed by atoms with E-state index in [0.717, 1.165) is 18.4 Å². The van der Waals surface area contributed by atoms with Crippen LogP contribution in [-0.4, -0.2) is 47.0 Å². The fourth-order valence-electron chi connectivity index (χ4n) is 4.23. The number of nitrogens with zero attached hydrogens (tertiary/aromatic N) is 2. The van der Waals surface area contributed by atoms with E-state index in [1.807, 2.05) is 49.4 Å². The predicted molar refractivity (Wildman–Crippen MR) is 127 cm³/mol. The number of carboxylic acids is 1. The zero-order valence-corrected chi connectivity index (χ0v) is 18.9. The SMILES string of the molecule is CC(N=C(N)N)c1ccc(OC[C@@H]2C[C@@H](CC(=O)O)C(=O)N2CCCc2ccccc2)cc1. The van der Waals surface area contributed by atoms with Crippen molar-refractivity contribution in [1.82, 2.24) is 4.90 Å². The lowest BCUT2D eigenvalue weighted by Gasteiger charge is -2.25. The van der Waals surface area contributed by atoms with Gasteiger partial charge < -0.3 is 26.2 Å². The summed E-state index contributed by atoms with van der Waals surface area (Å²) >= 11 is 0. The van der Waals surface area contributed by atoms with Crippen LogP contribution in [0.25, 0.3) is 0 Å². The molecule has 176 valence electrons. The number of aryl methyl sites for hydroxylation is 1. The van der Waals surface area contributed by atoms with Crippen LogP contribution in [-0.2, 0) is 16.0 Å². The summed E-state index contributed by atoms with van der Waals surface area (Å²) in [5, 5.41) is 9.20. The van der Waals surface area contributed by atoms with Crippen LogP contribution in [0.5, 0.6) is 5.75 Å². The Balaban J connectivity index is 1.60. The first-order chi connectivity index (χ1) is 15.8. The molecule has 0 aliphatic carbocycles. The maximum atomic E-state index is 12.9. The van der Waals surface area contributed by atoms with Crippen LogP contribution in [0.15, 0.2) is 59.6 Å². The quantitative estimate of drug-likeness (QED) is 0.355. The minimum atomic E-state index is -0.954. The number of hydrogen-bond acceptors (Lipinski definition) is 4. The third kappa shape index (κ3) is 6.97. The van der Waals surface area contributed by atoms with Gasteiger partial charge in [-0.25, -0.2) is 4.99 Å². The fourth-order valence-corrected chi connectivity index (χ4v) is 4.23. The number of benzene rings is 2. The number of carbonyl (C=O) groups is 2. The summed E-state index contributed by atoms with van der Waals surface area (Å²) in [7, 11) is 0. The number of ether oxygens (including phenoxy) is 1. The first kappa shape index (κ1) is 24.1. The van der Waals surface area contributed by atoms with Crippen LogP contribution in [0.2, 0.25) is 0 Å². The van der Waals surface area contributed by atoms with Crippen molar-refractivity contribution in [3.05, 3.63) is 65.7 Å². The number of guanidine groups is 1. The van der Waals surface area contributed by atoms with Gasteiger partial charge in [0.2, 0.25) is 5.91 Å². The summed E-state index contributed by atoms with van der Waals surface area (Å²) in [4.78, 5) is 30.0. The molecule has 33 heavy (non-hydrogen) atoms. The van der Waals surface area contributed by atoms with E-state index in [2.05, 4.69) is 17.1 Å². The van der Waals surface area contributed by atoms with Gasteiger partial charge >= 0.3 is 5.97 Å². The molecule has 3 atom stereocenters. The number of carbonyl (C=O) groups excluding carboxylic acids is 1. The zero-order chi connectivity index (χ0) is 23.8. The molecule has 1 aliphatic rings. The number of aliphatic carboxylic acids is 1. The molecule has 2 aromatic rings. The average molecular weight is 453 g/mol. The second kappa shape index (κ2) is 11.4. The molecule has 1 aliphatic heterocycles. The van der Waals surface area contributed by atoms with Crippen LogP contribution >= 0.6 is 0 Å². The van der Waals surface area contributed by atoms with Gasteiger partial charge in [0.15, 0.2) is 5.96 Å². The van der Waals surface area contributed by atoms with Gasteiger partial charge in [-0.15, -0.1) is 0 Å².